The van der Waals surface area contributed by atoms with Gasteiger partial charge < -0.3 is 9.47 Å². The van der Waals surface area contributed by atoms with Gasteiger partial charge >= 0.3 is 0 Å². The summed E-state index contributed by atoms with van der Waals surface area (Å²) >= 11 is 3.33. The lowest BCUT2D eigenvalue weighted by molar-refractivity contribution is 0.174. The van der Waals surface area contributed by atoms with Gasteiger partial charge in [-0.15, -0.1) is 0 Å². The van der Waals surface area contributed by atoms with Crippen molar-refractivity contribution >= 4 is 15.9 Å². The lowest BCUT2D eigenvalue weighted by Crippen LogP contribution is -1.92. The molecule has 1 heterocycles. The van der Waals surface area contributed by atoms with E-state index in [2.05, 4.69) is 15.9 Å². The van der Waals surface area contributed by atoms with E-state index < -0.39 is 0 Å². The quantitative estimate of drug-likeness (QED) is 0.639. The molecule has 0 fully saturated rings. The van der Waals surface area contributed by atoms with Crippen LogP contribution in [0.4, 0.5) is 0 Å². The van der Waals surface area contributed by atoms with E-state index in [1.807, 2.05) is 18.2 Å². The topological polar surface area (TPSA) is 66.0 Å². The van der Waals surface area contributed by atoms with Crippen LogP contribution < -0.4 is 9.47 Å². The second-order valence-electron chi connectivity index (χ2n) is 2.00. The van der Waals surface area contributed by atoms with E-state index in [1.54, 1.807) is 0 Å². The molecular weight excluding hydrogens is 224 g/mol. The van der Waals surface area contributed by atoms with Crippen molar-refractivity contribution in [2.24, 2.45) is 0 Å². The molecule has 0 atom stereocenters. The summed E-state index contributed by atoms with van der Waals surface area (Å²) < 4.78 is 11.2. The molecule has 1 aromatic carbocycles. The zero-order chi connectivity index (χ0) is 8.97. The number of rotatable bonds is 0. The number of nitrogens with zero attached hydrogens (tertiary/aromatic N) is 2. The number of ether oxygens (including phenoxy) is 2. The molecule has 5 heteroatoms. The third kappa shape index (κ3) is 1.66. The van der Waals surface area contributed by atoms with E-state index in [1.165, 1.54) is 0 Å². The second-order valence-corrected chi connectivity index (χ2v) is 2.91. The van der Waals surface area contributed by atoms with Crippen LogP contribution in [-0.2, 0) is 0 Å². The molecule has 1 aliphatic rings. The molecule has 0 radical (unpaired) electrons. The third-order valence-corrected chi connectivity index (χ3v) is 1.83. The second kappa shape index (κ2) is 3.93. The average molecular weight is 229 g/mol. The fourth-order valence-corrected chi connectivity index (χ4v) is 1.21. The van der Waals surface area contributed by atoms with E-state index in [0.717, 1.165) is 16.0 Å². The van der Waals surface area contributed by atoms with Crippen LogP contribution in [0.25, 0.3) is 0 Å². The maximum absolute atomic E-state index is 6.00. The van der Waals surface area contributed by atoms with Crippen molar-refractivity contribution in [1.29, 1.82) is 10.8 Å². The monoisotopic (exact) mass is 228 g/mol. The number of halogens is 1. The Balaban J connectivity index is 0.000000336. The van der Waals surface area contributed by atoms with Crippen LogP contribution in [-0.4, -0.2) is 6.79 Å². The van der Waals surface area contributed by atoms with Crippen LogP contribution in [0.3, 0.4) is 0 Å². The molecule has 62 valence electrons. The fraction of sp³-hybridized carbons (Fsp3) is 0.143. The van der Waals surface area contributed by atoms with Crippen molar-refractivity contribution in [2.45, 2.75) is 0 Å². The largest absolute Gasteiger partial charge is 0.454 e. The summed E-state index contributed by atoms with van der Waals surface area (Å²) in [5.74, 6) is 1.64. The first kappa shape index (κ1) is 8.81. The Morgan fingerprint density at radius 1 is 1.17 bits per heavy atom. The summed E-state index contributed by atoms with van der Waals surface area (Å²) in [6.07, 6.45) is 0. The Bertz CT molecular complexity index is 301. The molecule has 0 amide bonds. The summed E-state index contributed by atoms with van der Waals surface area (Å²) in [6.45, 7) is 0.339. The molecule has 0 spiro atoms. The SMILES string of the molecule is Brc1ccc2c(c1)OCO2.N#N. The summed E-state index contributed by atoms with van der Waals surface area (Å²) in [6, 6.07) is 5.70. The number of hydrogen-bond acceptors (Lipinski definition) is 4. The first-order chi connectivity index (χ1) is 5.86. The van der Waals surface area contributed by atoms with Crippen LogP contribution in [0.5, 0.6) is 11.5 Å². The highest BCUT2D eigenvalue weighted by Crippen LogP contribution is 2.33. The predicted molar refractivity (Wildman–Crippen MR) is 43.7 cm³/mol. The van der Waals surface area contributed by atoms with Crippen LogP contribution in [0, 0.1) is 10.8 Å². The molecule has 0 N–H and O–H groups in total. The van der Waals surface area contributed by atoms with Gasteiger partial charge in [0, 0.05) is 15.3 Å². The number of benzene rings is 1. The molecule has 4 nitrogen and oxygen atoms in total. The lowest BCUT2D eigenvalue weighted by Gasteiger charge is -1.93. The van der Waals surface area contributed by atoms with Crippen molar-refractivity contribution < 1.29 is 9.47 Å². The molecule has 0 aliphatic carbocycles. The first-order valence-corrected chi connectivity index (χ1v) is 3.91. The highest BCUT2D eigenvalue weighted by Gasteiger charge is 2.11. The Morgan fingerprint density at radius 2 is 1.83 bits per heavy atom. The summed E-state index contributed by atoms with van der Waals surface area (Å²) in [5.41, 5.74) is 0. The van der Waals surface area contributed by atoms with Crippen molar-refractivity contribution in [3.8, 4) is 11.5 Å². The third-order valence-electron chi connectivity index (χ3n) is 1.33. The highest BCUT2D eigenvalue weighted by molar-refractivity contribution is 9.10. The van der Waals surface area contributed by atoms with E-state index in [0.29, 0.717) is 6.79 Å². The smallest absolute Gasteiger partial charge is 0.231 e. The van der Waals surface area contributed by atoms with Gasteiger partial charge in [0.05, 0.1) is 0 Å². The van der Waals surface area contributed by atoms with Gasteiger partial charge in [-0.1, -0.05) is 15.9 Å². The van der Waals surface area contributed by atoms with Crippen LogP contribution in [0.2, 0.25) is 0 Å². The van der Waals surface area contributed by atoms with Crippen molar-refractivity contribution in [3.63, 3.8) is 0 Å². The summed E-state index contributed by atoms with van der Waals surface area (Å²) in [5, 5.41) is 12.0. The van der Waals surface area contributed by atoms with E-state index >= 15 is 0 Å². The Labute approximate surface area is 77.6 Å². The Morgan fingerprint density at radius 3 is 2.58 bits per heavy atom. The number of fused-ring (bicyclic) bond motifs is 1. The van der Waals surface area contributed by atoms with Gasteiger partial charge in [0.15, 0.2) is 11.5 Å². The van der Waals surface area contributed by atoms with Gasteiger partial charge in [0.1, 0.15) is 0 Å². The van der Waals surface area contributed by atoms with Crippen molar-refractivity contribution in [1.82, 2.24) is 0 Å². The van der Waals surface area contributed by atoms with Gasteiger partial charge in [-0.2, -0.15) is 0 Å². The molecule has 1 aliphatic heterocycles. The fourth-order valence-electron chi connectivity index (χ4n) is 0.870. The minimum Gasteiger partial charge on any atom is -0.454 e. The van der Waals surface area contributed by atoms with E-state index in [-0.39, 0.29) is 0 Å². The standard InChI is InChI=1S/C7H5BrO2.N2/c8-5-1-2-6-7(3-5)10-4-9-6;1-2/h1-3H,4H2;. The maximum atomic E-state index is 6.00. The normalized spacial score (nSPS) is 11.6. The Hall–Kier alpha value is -1.28. The molecule has 0 bridgehead atoms. The van der Waals surface area contributed by atoms with Gasteiger partial charge in [-0.05, 0) is 18.2 Å². The molecule has 2 rings (SSSR count). The van der Waals surface area contributed by atoms with Crippen molar-refractivity contribution in [2.75, 3.05) is 6.79 Å². The van der Waals surface area contributed by atoms with Gasteiger partial charge in [-0.25, -0.2) is 0 Å². The molecule has 0 saturated heterocycles. The maximum Gasteiger partial charge on any atom is 0.231 e. The lowest BCUT2D eigenvalue weighted by atomic mass is 10.3. The minimum atomic E-state index is 0.339. The highest BCUT2D eigenvalue weighted by atomic mass is 79.9. The van der Waals surface area contributed by atoms with Gasteiger partial charge in [0.25, 0.3) is 0 Å². The number of hydrogen-bond donors (Lipinski definition) is 0. The molecule has 12 heavy (non-hydrogen) atoms. The summed E-state index contributed by atoms with van der Waals surface area (Å²) in [7, 11) is 0. The molecule has 0 unspecified atom stereocenters. The van der Waals surface area contributed by atoms with Crippen LogP contribution >= 0.6 is 15.9 Å². The predicted octanol–water partition coefficient (Wildman–Crippen LogP) is 2.21. The Kier molecular flexibility index (Phi) is 2.88. The molecular formula is C7H5BrN2O2. The van der Waals surface area contributed by atoms with E-state index in [9.17, 15) is 0 Å². The zero-order valence-corrected chi connectivity index (χ0v) is 7.61. The van der Waals surface area contributed by atoms with Crippen LogP contribution in [0.15, 0.2) is 22.7 Å². The van der Waals surface area contributed by atoms with Crippen molar-refractivity contribution in [3.05, 3.63) is 22.7 Å². The zero-order valence-electron chi connectivity index (χ0n) is 6.03. The molecule has 1 aromatic rings. The molecule has 0 aromatic heterocycles. The summed E-state index contributed by atoms with van der Waals surface area (Å²) in [4.78, 5) is 0. The molecule has 0 saturated carbocycles. The first-order valence-electron chi connectivity index (χ1n) is 3.11. The van der Waals surface area contributed by atoms with Crippen LogP contribution in [0.1, 0.15) is 0 Å². The van der Waals surface area contributed by atoms with E-state index in [4.69, 9.17) is 20.3 Å². The average Bonchev–Trinajstić information content (AvgIpc) is 2.54. The minimum absolute atomic E-state index is 0.339. The van der Waals surface area contributed by atoms with Gasteiger partial charge in [0.2, 0.25) is 6.79 Å². The van der Waals surface area contributed by atoms with Gasteiger partial charge in [-0.3, -0.25) is 0 Å².